The molecule has 3 aromatic heterocycles. The Bertz CT molecular complexity index is 1150. The molecule has 0 aliphatic heterocycles. The SMILES string of the molecule is O=C(NCc1cccc(C(F)(F)F)c1)c1csc(-c2c[nH]c3ncccc23)c1. The second-order valence-corrected chi connectivity index (χ2v) is 7.09. The smallest absolute Gasteiger partial charge is 0.348 e. The van der Waals surface area contributed by atoms with Crippen LogP contribution in [0.1, 0.15) is 21.5 Å². The van der Waals surface area contributed by atoms with Crippen molar-refractivity contribution in [2.75, 3.05) is 0 Å². The van der Waals surface area contributed by atoms with E-state index in [4.69, 9.17) is 0 Å². The minimum Gasteiger partial charge on any atom is -0.348 e. The fourth-order valence-corrected chi connectivity index (χ4v) is 3.82. The maximum atomic E-state index is 12.8. The summed E-state index contributed by atoms with van der Waals surface area (Å²) in [7, 11) is 0. The summed E-state index contributed by atoms with van der Waals surface area (Å²) in [6.45, 7) is 0.0188. The molecule has 1 amide bonds. The molecule has 4 rings (SSSR count). The summed E-state index contributed by atoms with van der Waals surface area (Å²) in [6.07, 6.45) is -0.867. The van der Waals surface area contributed by atoms with Gasteiger partial charge in [0.25, 0.3) is 5.91 Å². The van der Waals surface area contributed by atoms with Crippen molar-refractivity contribution in [1.82, 2.24) is 15.3 Å². The van der Waals surface area contributed by atoms with Gasteiger partial charge in [0.1, 0.15) is 5.65 Å². The van der Waals surface area contributed by atoms with Gasteiger partial charge in [-0.15, -0.1) is 11.3 Å². The fraction of sp³-hybridized carbons (Fsp3) is 0.100. The number of hydrogen-bond donors (Lipinski definition) is 2. The number of nitrogens with one attached hydrogen (secondary N) is 2. The van der Waals surface area contributed by atoms with Crippen LogP contribution in [0.3, 0.4) is 0 Å². The molecule has 142 valence electrons. The number of nitrogens with zero attached hydrogens (tertiary/aromatic N) is 1. The van der Waals surface area contributed by atoms with Crippen molar-refractivity contribution in [3.63, 3.8) is 0 Å². The summed E-state index contributed by atoms with van der Waals surface area (Å²) in [5, 5.41) is 5.36. The molecule has 0 aliphatic carbocycles. The van der Waals surface area contributed by atoms with Crippen molar-refractivity contribution >= 4 is 28.3 Å². The number of halogens is 3. The predicted octanol–water partition coefficient (Wildman–Crippen LogP) is 5.24. The highest BCUT2D eigenvalue weighted by molar-refractivity contribution is 7.14. The summed E-state index contributed by atoms with van der Waals surface area (Å²) in [4.78, 5) is 20.6. The summed E-state index contributed by atoms with van der Waals surface area (Å²) in [5.41, 5.74) is 1.84. The van der Waals surface area contributed by atoms with Crippen LogP contribution in [0.15, 0.2) is 60.2 Å². The average molecular weight is 401 g/mol. The highest BCUT2D eigenvalue weighted by atomic mass is 32.1. The van der Waals surface area contributed by atoms with E-state index < -0.39 is 11.7 Å². The molecule has 0 aliphatic rings. The van der Waals surface area contributed by atoms with Gasteiger partial charge in [0.05, 0.1) is 11.1 Å². The van der Waals surface area contributed by atoms with E-state index in [2.05, 4.69) is 15.3 Å². The first-order valence-electron chi connectivity index (χ1n) is 8.37. The van der Waals surface area contributed by atoms with E-state index >= 15 is 0 Å². The number of carbonyl (C=O) groups is 1. The zero-order valence-electron chi connectivity index (χ0n) is 14.4. The van der Waals surface area contributed by atoms with E-state index in [1.54, 1.807) is 23.7 Å². The van der Waals surface area contributed by atoms with Gasteiger partial charge in [-0.25, -0.2) is 4.98 Å². The Morgan fingerprint density at radius 1 is 1.18 bits per heavy atom. The second kappa shape index (κ2) is 7.12. The monoisotopic (exact) mass is 401 g/mol. The number of benzene rings is 1. The molecule has 28 heavy (non-hydrogen) atoms. The first kappa shape index (κ1) is 18.2. The van der Waals surface area contributed by atoms with Gasteiger partial charge in [-0.2, -0.15) is 13.2 Å². The van der Waals surface area contributed by atoms with Crippen LogP contribution in [-0.4, -0.2) is 15.9 Å². The summed E-state index contributed by atoms with van der Waals surface area (Å²) < 4.78 is 38.4. The Morgan fingerprint density at radius 2 is 2.04 bits per heavy atom. The minimum absolute atomic E-state index is 0.0188. The lowest BCUT2D eigenvalue weighted by molar-refractivity contribution is -0.137. The highest BCUT2D eigenvalue weighted by Crippen LogP contribution is 2.33. The molecule has 4 aromatic rings. The number of alkyl halides is 3. The first-order chi connectivity index (χ1) is 13.4. The maximum absolute atomic E-state index is 12.8. The molecule has 0 bridgehead atoms. The van der Waals surface area contributed by atoms with E-state index in [-0.39, 0.29) is 12.5 Å². The third-order valence-corrected chi connectivity index (χ3v) is 5.25. The topological polar surface area (TPSA) is 57.8 Å². The quantitative estimate of drug-likeness (QED) is 0.491. The summed E-state index contributed by atoms with van der Waals surface area (Å²) >= 11 is 1.42. The van der Waals surface area contributed by atoms with Crippen LogP contribution < -0.4 is 5.32 Å². The van der Waals surface area contributed by atoms with Crippen molar-refractivity contribution in [2.24, 2.45) is 0 Å². The van der Waals surface area contributed by atoms with Gasteiger partial charge in [-0.3, -0.25) is 4.79 Å². The van der Waals surface area contributed by atoms with Gasteiger partial charge in [0.15, 0.2) is 0 Å². The Balaban J connectivity index is 1.48. The Morgan fingerprint density at radius 3 is 2.86 bits per heavy atom. The average Bonchev–Trinajstić information content (AvgIpc) is 3.32. The van der Waals surface area contributed by atoms with Gasteiger partial charge >= 0.3 is 6.18 Å². The Hall–Kier alpha value is -3.13. The molecular weight excluding hydrogens is 387 g/mol. The number of aromatic amines is 1. The van der Waals surface area contributed by atoms with E-state index in [1.165, 1.54) is 17.4 Å². The first-order valence-corrected chi connectivity index (χ1v) is 9.25. The van der Waals surface area contributed by atoms with Crippen molar-refractivity contribution in [3.05, 3.63) is 76.9 Å². The number of pyridine rings is 1. The third-order valence-electron chi connectivity index (χ3n) is 4.29. The van der Waals surface area contributed by atoms with Crippen LogP contribution in [0.2, 0.25) is 0 Å². The minimum atomic E-state index is -4.41. The number of fused-ring (bicyclic) bond motifs is 1. The van der Waals surface area contributed by atoms with E-state index in [1.807, 2.05) is 18.3 Å². The predicted molar refractivity (Wildman–Crippen MR) is 102 cm³/mol. The highest BCUT2D eigenvalue weighted by Gasteiger charge is 2.30. The van der Waals surface area contributed by atoms with Crippen LogP contribution in [0, 0.1) is 0 Å². The molecule has 0 spiro atoms. The van der Waals surface area contributed by atoms with Crippen LogP contribution in [0.25, 0.3) is 21.5 Å². The summed E-state index contributed by atoms with van der Waals surface area (Å²) in [5.74, 6) is -0.335. The van der Waals surface area contributed by atoms with E-state index in [9.17, 15) is 18.0 Å². The Kier molecular flexibility index (Phi) is 4.64. The Labute approximate surface area is 162 Å². The van der Waals surface area contributed by atoms with Crippen LogP contribution >= 0.6 is 11.3 Å². The molecule has 4 nitrogen and oxygen atoms in total. The third kappa shape index (κ3) is 3.63. The number of aromatic nitrogens is 2. The standard InChI is InChI=1S/C20H14F3N3OS/c21-20(22,23)14-4-1-3-12(7-14)9-26-19(27)13-8-17(28-11-13)16-10-25-18-15(16)5-2-6-24-18/h1-8,10-11H,9H2,(H,24,25)(H,26,27). The van der Waals surface area contributed by atoms with Crippen molar-refractivity contribution in [2.45, 2.75) is 12.7 Å². The molecule has 0 unspecified atom stereocenters. The molecule has 0 atom stereocenters. The zero-order valence-corrected chi connectivity index (χ0v) is 15.2. The molecule has 0 saturated heterocycles. The van der Waals surface area contributed by atoms with Crippen molar-refractivity contribution in [1.29, 1.82) is 0 Å². The maximum Gasteiger partial charge on any atom is 0.416 e. The van der Waals surface area contributed by atoms with Gasteiger partial charge in [0, 0.05) is 40.1 Å². The van der Waals surface area contributed by atoms with E-state index in [0.717, 1.165) is 33.6 Å². The lowest BCUT2D eigenvalue weighted by atomic mass is 10.1. The molecule has 0 saturated carbocycles. The zero-order chi connectivity index (χ0) is 19.7. The van der Waals surface area contributed by atoms with E-state index in [0.29, 0.717) is 11.1 Å². The van der Waals surface area contributed by atoms with Gasteiger partial charge < -0.3 is 10.3 Å². The van der Waals surface area contributed by atoms with Crippen molar-refractivity contribution < 1.29 is 18.0 Å². The number of thiophene rings is 1. The second-order valence-electron chi connectivity index (χ2n) is 6.18. The number of rotatable bonds is 4. The van der Waals surface area contributed by atoms with Gasteiger partial charge in [0.2, 0.25) is 0 Å². The molecule has 0 radical (unpaired) electrons. The van der Waals surface area contributed by atoms with Gasteiger partial charge in [-0.05, 0) is 35.9 Å². The van der Waals surface area contributed by atoms with Gasteiger partial charge in [-0.1, -0.05) is 12.1 Å². The van der Waals surface area contributed by atoms with Crippen LogP contribution in [0.5, 0.6) is 0 Å². The number of amides is 1. The number of hydrogen-bond acceptors (Lipinski definition) is 3. The lowest BCUT2D eigenvalue weighted by Gasteiger charge is -2.09. The molecular formula is C20H14F3N3OS. The normalized spacial score (nSPS) is 11.7. The molecule has 8 heteroatoms. The molecule has 0 fully saturated rings. The largest absolute Gasteiger partial charge is 0.416 e. The number of H-pyrrole nitrogens is 1. The lowest BCUT2D eigenvalue weighted by Crippen LogP contribution is -2.22. The molecule has 2 N–H and O–H groups in total. The van der Waals surface area contributed by atoms with Crippen LogP contribution in [0.4, 0.5) is 13.2 Å². The number of carbonyl (C=O) groups excluding carboxylic acids is 1. The summed E-state index contributed by atoms with van der Waals surface area (Å²) in [6, 6.07) is 10.5. The molecule has 3 heterocycles. The fourth-order valence-electron chi connectivity index (χ4n) is 2.90. The van der Waals surface area contributed by atoms with Crippen LogP contribution in [-0.2, 0) is 12.7 Å². The van der Waals surface area contributed by atoms with Crippen molar-refractivity contribution in [3.8, 4) is 10.4 Å². The molecule has 1 aromatic carbocycles.